The first-order chi connectivity index (χ1) is 29.0. The molecule has 0 saturated heterocycles. The summed E-state index contributed by atoms with van der Waals surface area (Å²) in [5.41, 5.74) is 18.4. The van der Waals surface area contributed by atoms with Gasteiger partial charge in [0.1, 0.15) is 11.2 Å². The number of furan rings is 1. The van der Waals surface area contributed by atoms with Gasteiger partial charge in [0.2, 0.25) is 0 Å². The number of hydrogen-bond donors (Lipinski definition) is 0. The van der Waals surface area contributed by atoms with Crippen molar-refractivity contribution in [3.63, 3.8) is 0 Å². The molecule has 0 aliphatic heterocycles. The monoisotopic (exact) mass is 754 g/mol. The predicted molar refractivity (Wildman–Crippen MR) is 240 cm³/mol. The third-order valence-corrected chi connectivity index (χ3v) is 13.0. The molecule has 278 valence electrons. The first kappa shape index (κ1) is 33.7. The fourth-order valence-electron chi connectivity index (χ4n) is 10.4. The van der Waals surface area contributed by atoms with E-state index in [4.69, 9.17) is 14.4 Å². The molecule has 0 bridgehead atoms. The van der Waals surface area contributed by atoms with Crippen molar-refractivity contribution in [2.45, 2.75) is 24.7 Å². The molecule has 2 aliphatic carbocycles. The van der Waals surface area contributed by atoms with E-state index in [0.717, 1.165) is 50.0 Å². The van der Waals surface area contributed by atoms with Gasteiger partial charge >= 0.3 is 0 Å². The number of fused-ring (bicyclic) bond motifs is 13. The molecule has 0 amide bonds. The van der Waals surface area contributed by atoms with Gasteiger partial charge in [-0.3, -0.25) is 0 Å². The zero-order valence-corrected chi connectivity index (χ0v) is 32.8. The minimum absolute atomic E-state index is 0.361. The summed E-state index contributed by atoms with van der Waals surface area (Å²) in [7, 11) is 0. The van der Waals surface area contributed by atoms with E-state index in [1.165, 1.54) is 55.6 Å². The average molecular weight is 755 g/mol. The van der Waals surface area contributed by atoms with Crippen molar-refractivity contribution in [2.24, 2.45) is 0 Å². The van der Waals surface area contributed by atoms with E-state index >= 15 is 0 Å². The van der Waals surface area contributed by atoms with Crippen molar-refractivity contribution in [1.82, 2.24) is 9.97 Å². The molecule has 0 N–H and O–H groups in total. The Morgan fingerprint density at radius 1 is 0.373 bits per heavy atom. The highest BCUT2D eigenvalue weighted by atomic mass is 16.3. The van der Waals surface area contributed by atoms with Gasteiger partial charge in [-0.25, -0.2) is 9.97 Å². The number of nitrogens with zero attached hydrogens (tertiary/aromatic N) is 2. The standard InChI is InChI=1S/C56H38N2O/c1-55(2)44-25-13-14-26-45(44)56(42-23-11-9-20-39(42)40-21-10-12-24-43(40)56)46-32-33-50-52(53(46)55)51-41(22-15-27-49(51)59-50)48-34-47(57-54(58-48)38-18-7-4-8-19-38)37-30-28-36(29-31-37)35-16-5-3-6-17-35/h3-34H,1-2H3. The van der Waals surface area contributed by atoms with E-state index in [9.17, 15) is 0 Å². The summed E-state index contributed by atoms with van der Waals surface area (Å²) in [5, 5.41) is 2.21. The van der Waals surface area contributed by atoms with Crippen LogP contribution < -0.4 is 0 Å². The van der Waals surface area contributed by atoms with Crippen LogP contribution in [0.5, 0.6) is 0 Å². The Kier molecular flexibility index (Phi) is 7.19. The highest BCUT2D eigenvalue weighted by molar-refractivity contribution is 6.15. The molecule has 2 heterocycles. The van der Waals surface area contributed by atoms with Crippen LogP contribution in [0.4, 0.5) is 0 Å². The Morgan fingerprint density at radius 3 is 1.59 bits per heavy atom. The Bertz CT molecular complexity index is 3240. The molecule has 8 aromatic carbocycles. The SMILES string of the molecule is CC1(C)c2ccccc2C2(c3ccccc3-c3ccccc32)c2ccc3oc4cccc(-c5cc(-c6ccc(-c7ccccc7)cc6)nc(-c6ccccc6)n5)c4c3c21. The van der Waals surface area contributed by atoms with Gasteiger partial charge in [-0.1, -0.05) is 190 Å². The molecule has 12 rings (SSSR count). The van der Waals surface area contributed by atoms with Gasteiger partial charge in [0.15, 0.2) is 5.82 Å². The second-order valence-corrected chi connectivity index (χ2v) is 16.4. The van der Waals surface area contributed by atoms with Crippen molar-refractivity contribution >= 4 is 21.9 Å². The fourth-order valence-corrected chi connectivity index (χ4v) is 10.4. The number of rotatable bonds is 4. The summed E-state index contributed by atoms with van der Waals surface area (Å²) in [6, 6.07) is 69.7. The third kappa shape index (κ3) is 4.76. The van der Waals surface area contributed by atoms with Crippen LogP contribution in [0.15, 0.2) is 199 Å². The molecule has 2 aliphatic rings. The minimum Gasteiger partial charge on any atom is -0.456 e. The number of aromatic nitrogens is 2. The second kappa shape index (κ2) is 12.6. The molecule has 0 saturated carbocycles. The second-order valence-electron chi connectivity index (χ2n) is 16.4. The van der Waals surface area contributed by atoms with E-state index in [1.54, 1.807) is 0 Å². The maximum absolute atomic E-state index is 6.89. The van der Waals surface area contributed by atoms with Crippen molar-refractivity contribution in [2.75, 3.05) is 0 Å². The predicted octanol–water partition coefficient (Wildman–Crippen LogP) is 14.0. The molecule has 0 fully saturated rings. The lowest BCUT2D eigenvalue weighted by Gasteiger charge is -2.47. The minimum atomic E-state index is -0.504. The number of hydrogen-bond acceptors (Lipinski definition) is 3. The van der Waals surface area contributed by atoms with E-state index in [2.05, 4.69) is 190 Å². The van der Waals surface area contributed by atoms with Gasteiger partial charge in [0, 0.05) is 32.9 Å². The molecular weight excluding hydrogens is 717 g/mol. The van der Waals surface area contributed by atoms with Crippen LogP contribution in [0.1, 0.15) is 47.2 Å². The van der Waals surface area contributed by atoms with Gasteiger partial charge in [-0.15, -0.1) is 0 Å². The fraction of sp³-hybridized carbons (Fsp3) is 0.0714. The van der Waals surface area contributed by atoms with E-state index < -0.39 is 5.41 Å². The van der Waals surface area contributed by atoms with Crippen LogP contribution in [0.2, 0.25) is 0 Å². The van der Waals surface area contributed by atoms with Gasteiger partial charge < -0.3 is 4.42 Å². The van der Waals surface area contributed by atoms with Crippen LogP contribution >= 0.6 is 0 Å². The first-order valence-corrected chi connectivity index (χ1v) is 20.4. The van der Waals surface area contributed by atoms with Crippen molar-refractivity contribution in [3.8, 4) is 56.2 Å². The lowest BCUT2D eigenvalue weighted by Crippen LogP contribution is -2.40. The van der Waals surface area contributed by atoms with Crippen LogP contribution in [0.3, 0.4) is 0 Å². The van der Waals surface area contributed by atoms with E-state index in [0.29, 0.717) is 5.82 Å². The van der Waals surface area contributed by atoms with Crippen molar-refractivity contribution < 1.29 is 4.42 Å². The summed E-state index contributed by atoms with van der Waals surface area (Å²) in [6.45, 7) is 4.78. The Morgan fingerprint density at radius 2 is 0.898 bits per heavy atom. The molecule has 0 radical (unpaired) electrons. The molecule has 2 aromatic heterocycles. The average Bonchev–Trinajstić information content (AvgIpc) is 3.83. The first-order valence-electron chi connectivity index (χ1n) is 20.4. The zero-order chi connectivity index (χ0) is 39.3. The topological polar surface area (TPSA) is 38.9 Å². The van der Waals surface area contributed by atoms with E-state index in [-0.39, 0.29) is 5.41 Å². The largest absolute Gasteiger partial charge is 0.456 e. The van der Waals surface area contributed by atoms with Gasteiger partial charge in [0.05, 0.1) is 16.8 Å². The molecule has 59 heavy (non-hydrogen) atoms. The summed E-state index contributed by atoms with van der Waals surface area (Å²) in [4.78, 5) is 10.6. The molecule has 3 nitrogen and oxygen atoms in total. The van der Waals surface area contributed by atoms with Crippen LogP contribution in [0, 0.1) is 0 Å². The van der Waals surface area contributed by atoms with Crippen LogP contribution in [0.25, 0.3) is 78.1 Å². The van der Waals surface area contributed by atoms with Gasteiger partial charge in [-0.2, -0.15) is 0 Å². The maximum atomic E-state index is 6.89. The Balaban J connectivity index is 1.15. The lowest BCUT2D eigenvalue weighted by molar-refractivity contribution is 0.567. The third-order valence-electron chi connectivity index (χ3n) is 13.0. The molecule has 0 unspecified atom stereocenters. The summed E-state index contributed by atoms with van der Waals surface area (Å²) in [6.07, 6.45) is 0. The molecule has 0 atom stereocenters. The molecule has 10 aromatic rings. The smallest absolute Gasteiger partial charge is 0.160 e. The Labute approximate surface area is 343 Å². The number of benzene rings is 8. The van der Waals surface area contributed by atoms with Gasteiger partial charge in [0.25, 0.3) is 0 Å². The highest BCUT2D eigenvalue weighted by Crippen LogP contribution is 2.63. The van der Waals surface area contributed by atoms with Crippen molar-refractivity contribution in [1.29, 1.82) is 0 Å². The summed E-state index contributed by atoms with van der Waals surface area (Å²) >= 11 is 0. The van der Waals surface area contributed by atoms with E-state index in [1.807, 2.05) is 18.2 Å². The highest BCUT2D eigenvalue weighted by Gasteiger charge is 2.54. The van der Waals surface area contributed by atoms with Gasteiger partial charge in [-0.05, 0) is 73.8 Å². The lowest BCUT2D eigenvalue weighted by atomic mass is 9.55. The zero-order valence-electron chi connectivity index (χ0n) is 32.8. The Hall–Kier alpha value is -7.36. The van der Waals surface area contributed by atoms with Crippen LogP contribution in [-0.2, 0) is 10.8 Å². The summed E-state index contributed by atoms with van der Waals surface area (Å²) < 4.78 is 6.89. The maximum Gasteiger partial charge on any atom is 0.160 e. The molecule has 1 spiro atoms. The normalized spacial score (nSPS) is 14.2. The van der Waals surface area contributed by atoms with Crippen LogP contribution in [-0.4, -0.2) is 9.97 Å². The molecular formula is C56H38N2O. The molecule has 3 heteroatoms. The summed E-state index contributed by atoms with van der Waals surface area (Å²) in [5.74, 6) is 0.685. The van der Waals surface area contributed by atoms with Crippen molar-refractivity contribution in [3.05, 3.63) is 228 Å². The quantitative estimate of drug-likeness (QED) is 0.180.